The van der Waals surface area contributed by atoms with Gasteiger partial charge in [0.15, 0.2) is 7.80 Å². The Labute approximate surface area is 137 Å². The van der Waals surface area contributed by atoms with Gasteiger partial charge < -0.3 is 9.47 Å². The lowest BCUT2D eigenvalue weighted by Gasteiger charge is -2.14. The predicted molar refractivity (Wildman–Crippen MR) is 91.8 cm³/mol. The zero-order valence-corrected chi connectivity index (χ0v) is 14.9. The molecular weight excluding hydrogens is 311 g/mol. The van der Waals surface area contributed by atoms with Crippen molar-refractivity contribution in [2.75, 3.05) is 14.2 Å². The normalized spacial score (nSPS) is 11.1. The van der Waals surface area contributed by atoms with E-state index in [-0.39, 0.29) is 5.56 Å². The zero-order valence-electron chi connectivity index (χ0n) is 14.0. The van der Waals surface area contributed by atoms with Crippen LogP contribution in [0, 0.1) is 20.8 Å². The summed E-state index contributed by atoms with van der Waals surface area (Å²) in [5, 5.41) is 0.587. The number of ether oxygens (including phenoxy) is 2. The summed E-state index contributed by atoms with van der Waals surface area (Å²) in [7, 11) is 0.686. The van der Waals surface area contributed by atoms with E-state index in [0.717, 1.165) is 16.7 Å². The molecule has 23 heavy (non-hydrogen) atoms. The van der Waals surface area contributed by atoms with E-state index in [0.29, 0.717) is 16.8 Å². The highest BCUT2D eigenvalue weighted by molar-refractivity contribution is 7.71. The zero-order chi connectivity index (χ0) is 17.1. The number of benzene rings is 2. The van der Waals surface area contributed by atoms with Gasteiger partial charge in [-0.1, -0.05) is 23.8 Å². The van der Waals surface area contributed by atoms with Crippen LogP contribution in [0.25, 0.3) is 0 Å². The molecule has 0 aliphatic rings. The van der Waals surface area contributed by atoms with Crippen LogP contribution in [0.5, 0.6) is 11.5 Å². The van der Waals surface area contributed by atoms with Gasteiger partial charge in [0.2, 0.25) is 0 Å². The third-order valence-corrected chi connectivity index (χ3v) is 5.37. The highest BCUT2D eigenvalue weighted by atomic mass is 31.1. The smallest absolute Gasteiger partial charge is 0.254 e. The van der Waals surface area contributed by atoms with Gasteiger partial charge in [-0.25, -0.2) is 0 Å². The molecule has 121 valence electrons. The van der Waals surface area contributed by atoms with Crippen LogP contribution >= 0.6 is 7.80 Å². The molecule has 0 heterocycles. The molecule has 0 aliphatic heterocycles. The first-order chi connectivity index (χ1) is 10.9. The summed E-state index contributed by atoms with van der Waals surface area (Å²) >= 11 is 0. The summed E-state index contributed by atoms with van der Waals surface area (Å²) < 4.78 is 23.4. The number of aryl methyl sites for hydroxylation is 3. The van der Waals surface area contributed by atoms with Gasteiger partial charge in [0.05, 0.1) is 14.2 Å². The van der Waals surface area contributed by atoms with Crippen molar-refractivity contribution in [1.29, 1.82) is 0 Å². The molecule has 1 unspecified atom stereocenters. The highest BCUT2D eigenvalue weighted by Gasteiger charge is 2.27. The number of methoxy groups -OCH3 is 2. The Hall–Kier alpha value is -2.19. The average molecular weight is 331 g/mol. The molecule has 2 rings (SSSR count). The largest absolute Gasteiger partial charge is 0.496 e. The molecule has 0 bridgehead atoms. The molecule has 1 atom stereocenters. The quantitative estimate of drug-likeness (QED) is 0.779. The molecular formula is C18H20O4P. The third-order valence-electron chi connectivity index (χ3n) is 3.66. The molecule has 0 N–H and O–H groups in total. The van der Waals surface area contributed by atoms with E-state index >= 15 is 0 Å². The minimum absolute atomic E-state index is 0.220. The molecule has 0 aromatic heterocycles. The summed E-state index contributed by atoms with van der Waals surface area (Å²) in [4.78, 5) is 12.9. The van der Waals surface area contributed by atoms with E-state index in [2.05, 4.69) is 0 Å². The fourth-order valence-corrected chi connectivity index (χ4v) is 4.15. The monoisotopic (exact) mass is 331 g/mol. The van der Waals surface area contributed by atoms with Crippen molar-refractivity contribution in [1.82, 2.24) is 0 Å². The first-order valence-electron chi connectivity index (χ1n) is 7.21. The molecule has 0 saturated heterocycles. The van der Waals surface area contributed by atoms with Crippen molar-refractivity contribution in [3.05, 3.63) is 52.6 Å². The van der Waals surface area contributed by atoms with Crippen LogP contribution in [0.3, 0.4) is 0 Å². The average Bonchev–Trinajstić information content (AvgIpc) is 2.52. The van der Waals surface area contributed by atoms with Gasteiger partial charge in [0.1, 0.15) is 17.1 Å². The lowest BCUT2D eigenvalue weighted by Crippen LogP contribution is -2.13. The van der Waals surface area contributed by atoms with Gasteiger partial charge in [0.25, 0.3) is 5.52 Å². The van der Waals surface area contributed by atoms with E-state index in [1.165, 1.54) is 14.2 Å². The second-order valence-electron chi connectivity index (χ2n) is 5.38. The Kier molecular flexibility index (Phi) is 5.17. The van der Waals surface area contributed by atoms with Gasteiger partial charge in [-0.2, -0.15) is 0 Å². The third kappa shape index (κ3) is 3.27. The minimum atomic E-state index is -2.26. The van der Waals surface area contributed by atoms with E-state index in [1.807, 2.05) is 32.9 Å². The number of hydrogen-bond acceptors (Lipinski definition) is 4. The van der Waals surface area contributed by atoms with E-state index in [1.54, 1.807) is 18.2 Å². The predicted octanol–water partition coefficient (Wildman–Crippen LogP) is 3.92. The van der Waals surface area contributed by atoms with Crippen LogP contribution in [0.15, 0.2) is 30.3 Å². The van der Waals surface area contributed by atoms with Crippen molar-refractivity contribution < 1.29 is 18.8 Å². The van der Waals surface area contributed by atoms with Crippen LogP contribution < -0.4 is 14.8 Å². The summed E-state index contributed by atoms with van der Waals surface area (Å²) in [6.45, 7) is 5.71. The number of carbonyl (C=O) groups excluding carboxylic acids is 1. The molecule has 0 fully saturated rings. The highest BCUT2D eigenvalue weighted by Crippen LogP contribution is 2.38. The molecule has 0 aliphatic carbocycles. The molecule has 0 saturated carbocycles. The number of hydrogen-bond donors (Lipinski definition) is 0. The van der Waals surface area contributed by atoms with Crippen molar-refractivity contribution in [2.45, 2.75) is 20.8 Å². The lowest BCUT2D eigenvalue weighted by atomic mass is 10.1. The van der Waals surface area contributed by atoms with Gasteiger partial charge in [-0.15, -0.1) is 0 Å². The standard InChI is InChI=1S/C18H20O4P/c1-11-9-12(2)17(13(3)10-11)23(20)18(19)16-14(21-4)7-6-8-15(16)22-5/h6-10H,1-5H3. The molecule has 0 amide bonds. The van der Waals surface area contributed by atoms with Gasteiger partial charge >= 0.3 is 0 Å². The molecule has 1 radical (unpaired) electrons. The van der Waals surface area contributed by atoms with Gasteiger partial charge in [-0.3, -0.25) is 9.36 Å². The van der Waals surface area contributed by atoms with Crippen molar-refractivity contribution >= 4 is 18.6 Å². The van der Waals surface area contributed by atoms with Gasteiger partial charge in [0, 0.05) is 5.30 Å². The first-order valence-corrected chi connectivity index (χ1v) is 8.47. The Morgan fingerprint density at radius 2 is 1.43 bits per heavy atom. The van der Waals surface area contributed by atoms with Crippen LogP contribution in [0.1, 0.15) is 27.0 Å². The number of rotatable bonds is 5. The Balaban J connectivity index is 2.56. The molecule has 0 spiro atoms. The molecule has 4 nitrogen and oxygen atoms in total. The Morgan fingerprint density at radius 3 is 1.87 bits per heavy atom. The lowest BCUT2D eigenvalue weighted by molar-refractivity contribution is 0.107. The fraction of sp³-hybridized carbons (Fsp3) is 0.278. The summed E-state index contributed by atoms with van der Waals surface area (Å²) in [5.41, 5.74) is 2.52. The minimum Gasteiger partial charge on any atom is -0.496 e. The Morgan fingerprint density at radius 1 is 0.957 bits per heavy atom. The van der Waals surface area contributed by atoms with Crippen LogP contribution in [-0.2, 0) is 4.57 Å². The Bertz CT molecular complexity index is 735. The van der Waals surface area contributed by atoms with Crippen LogP contribution in [0.4, 0.5) is 0 Å². The topological polar surface area (TPSA) is 52.6 Å². The second-order valence-corrected chi connectivity index (χ2v) is 6.83. The van der Waals surface area contributed by atoms with Crippen molar-refractivity contribution in [3.63, 3.8) is 0 Å². The van der Waals surface area contributed by atoms with Crippen LogP contribution in [-0.4, -0.2) is 19.7 Å². The molecule has 2 aromatic rings. The second kappa shape index (κ2) is 6.93. The van der Waals surface area contributed by atoms with Crippen molar-refractivity contribution in [3.8, 4) is 11.5 Å². The van der Waals surface area contributed by atoms with Gasteiger partial charge in [-0.05, 0) is 44.0 Å². The van der Waals surface area contributed by atoms with E-state index < -0.39 is 13.3 Å². The van der Waals surface area contributed by atoms with E-state index in [9.17, 15) is 9.36 Å². The summed E-state index contributed by atoms with van der Waals surface area (Å²) in [6, 6.07) is 8.91. The molecule has 5 heteroatoms. The maximum absolute atomic E-state index is 12.9. The number of carbonyl (C=O) groups is 1. The fourth-order valence-electron chi connectivity index (χ4n) is 2.76. The van der Waals surface area contributed by atoms with Crippen molar-refractivity contribution in [2.24, 2.45) is 0 Å². The van der Waals surface area contributed by atoms with Crippen LogP contribution in [0.2, 0.25) is 0 Å². The summed E-state index contributed by atoms with van der Waals surface area (Å²) in [6.07, 6.45) is 0. The maximum atomic E-state index is 12.9. The first kappa shape index (κ1) is 17.2. The molecule has 2 aromatic carbocycles. The summed E-state index contributed by atoms with van der Waals surface area (Å²) in [5.74, 6) is 0.722. The SMILES string of the molecule is COc1cccc(OC)c1C(=O)[P](=O)c1c(C)cc(C)cc1C. The maximum Gasteiger partial charge on any atom is 0.254 e. The van der Waals surface area contributed by atoms with E-state index in [4.69, 9.17) is 9.47 Å².